The van der Waals surface area contributed by atoms with E-state index in [1.165, 1.54) is 56.7 Å². The summed E-state index contributed by atoms with van der Waals surface area (Å²) < 4.78 is 1.34. The van der Waals surface area contributed by atoms with Gasteiger partial charge in [-0.3, -0.25) is 14.3 Å². The Labute approximate surface area is 171 Å². The molecule has 2 amide bonds. The summed E-state index contributed by atoms with van der Waals surface area (Å²) >= 11 is 0. The molecule has 12 nitrogen and oxygen atoms in total. The van der Waals surface area contributed by atoms with E-state index in [1.54, 1.807) is 7.05 Å². The molecule has 0 radical (unpaired) electrons. The zero-order valence-corrected chi connectivity index (χ0v) is 16.8. The fourth-order valence-corrected chi connectivity index (χ4v) is 2.56. The van der Waals surface area contributed by atoms with E-state index in [0.717, 1.165) is 0 Å². The summed E-state index contributed by atoms with van der Waals surface area (Å²) in [6.07, 6.45) is 7.14. The molecule has 0 spiro atoms. The van der Waals surface area contributed by atoms with Crippen LogP contribution in [0, 0.1) is 0 Å². The molecule has 30 heavy (non-hydrogen) atoms. The molecule has 12 heteroatoms. The lowest BCUT2D eigenvalue weighted by Gasteiger charge is -2.18. The molecule has 0 saturated carbocycles. The van der Waals surface area contributed by atoms with Gasteiger partial charge in [-0.2, -0.15) is 5.10 Å². The average Bonchev–Trinajstić information content (AvgIpc) is 3.07. The first-order valence-corrected chi connectivity index (χ1v) is 8.88. The number of hydrogen-bond acceptors (Lipinski definition) is 9. The lowest BCUT2D eigenvalue weighted by molar-refractivity contribution is 0.0684. The van der Waals surface area contributed by atoms with E-state index >= 15 is 0 Å². The summed E-state index contributed by atoms with van der Waals surface area (Å²) in [7, 11) is 3.06. The summed E-state index contributed by atoms with van der Waals surface area (Å²) in [4.78, 5) is 41.4. The van der Waals surface area contributed by atoms with Gasteiger partial charge in [0.1, 0.15) is 17.6 Å². The summed E-state index contributed by atoms with van der Waals surface area (Å²) in [5.41, 5.74) is -0.254. The van der Waals surface area contributed by atoms with E-state index in [0.29, 0.717) is 5.69 Å². The zero-order valence-electron chi connectivity index (χ0n) is 16.8. The van der Waals surface area contributed by atoms with Gasteiger partial charge >= 0.3 is 0 Å². The number of amides is 2. The molecule has 0 aliphatic heterocycles. The van der Waals surface area contributed by atoms with Crippen molar-refractivity contribution < 1.29 is 14.7 Å². The molecule has 0 bridgehead atoms. The van der Waals surface area contributed by atoms with Crippen molar-refractivity contribution in [3.05, 3.63) is 48.3 Å². The Hall–Kier alpha value is -3.93. The Morgan fingerprint density at radius 3 is 2.40 bits per heavy atom. The smallest absolute Gasteiger partial charge is 0.276 e. The molecule has 0 saturated heterocycles. The van der Waals surface area contributed by atoms with Crippen molar-refractivity contribution in [2.75, 3.05) is 17.7 Å². The van der Waals surface area contributed by atoms with Gasteiger partial charge in [0.15, 0.2) is 11.5 Å². The average molecular weight is 411 g/mol. The summed E-state index contributed by atoms with van der Waals surface area (Å²) in [6.45, 7) is 3.01. The predicted molar refractivity (Wildman–Crippen MR) is 107 cm³/mol. The van der Waals surface area contributed by atoms with Crippen LogP contribution in [-0.2, 0) is 12.6 Å². The third-order valence-corrected chi connectivity index (χ3v) is 4.02. The predicted octanol–water partition coefficient (Wildman–Crippen LogP) is 0.583. The van der Waals surface area contributed by atoms with E-state index in [1.807, 2.05) is 0 Å². The molecule has 0 aliphatic carbocycles. The molecule has 3 rings (SSSR count). The third kappa shape index (κ3) is 4.38. The Morgan fingerprint density at radius 1 is 1.07 bits per heavy atom. The van der Waals surface area contributed by atoms with Crippen molar-refractivity contribution in [1.82, 2.24) is 35.0 Å². The van der Waals surface area contributed by atoms with E-state index in [2.05, 4.69) is 41.0 Å². The van der Waals surface area contributed by atoms with E-state index < -0.39 is 17.4 Å². The molecular formula is C18H21N9O3. The van der Waals surface area contributed by atoms with Crippen LogP contribution in [-0.4, -0.2) is 53.7 Å². The van der Waals surface area contributed by atoms with Gasteiger partial charge < -0.3 is 21.1 Å². The Kier molecular flexibility index (Phi) is 5.69. The number of nitrogens with one attached hydrogen (secondary N) is 3. The van der Waals surface area contributed by atoms with Crippen molar-refractivity contribution in [3.63, 3.8) is 0 Å². The summed E-state index contributed by atoms with van der Waals surface area (Å²) in [5, 5.41) is 22.4. The van der Waals surface area contributed by atoms with Crippen LogP contribution in [0.5, 0.6) is 0 Å². The lowest BCUT2D eigenvalue weighted by atomic mass is 10.1. The van der Waals surface area contributed by atoms with Crippen LogP contribution in [0.15, 0.2) is 31.1 Å². The minimum atomic E-state index is -1.37. The Bertz CT molecular complexity index is 1070. The molecule has 0 aromatic carbocycles. The van der Waals surface area contributed by atoms with Crippen LogP contribution >= 0.6 is 0 Å². The van der Waals surface area contributed by atoms with E-state index in [4.69, 9.17) is 0 Å². The minimum Gasteiger partial charge on any atom is -0.382 e. The molecule has 0 atom stereocenters. The Morgan fingerprint density at radius 2 is 1.77 bits per heavy atom. The number of aliphatic hydroxyl groups is 1. The SMILES string of the molecule is CNC(=O)c1c(NC(=O)c2nc(C(C)(C)O)ncc2Nc2cncnc2)cnn1C. The van der Waals surface area contributed by atoms with Crippen molar-refractivity contribution in [2.45, 2.75) is 19.4 Å². The number of carbonyl (C=O) groups is 2. The van der Waals surface area contributed by atoms with Crippen molar-refractivity contribution in [2.24, 2.45) is 7.05 Å². The van der Waals surface area contributed by atoms with Crippen LogP contribution in [0.1, 0.15) is 40.6 Å². The second-order valence-corrected chi connectivity index (χ2v) is 6.83. The second kappa shape index (κ2) is 8.21. The fraction of sp³-hybridized carbons (Fsp3) is 0.278. The molecule has 0 unspecified atom stereocenters. The lowest BCUT2D eigenvalue weighted by Crippen LogP contribution is -2.26. The first kappa shape index (κ1) is 20.8. The highest BCUT2D eigenvalue weighted by Gasteiger charge is 2.25. The molecule has 3 aromatic heterocycles. The maximum Gasteiger partial charge on any atom is 0.276 e. The maximum atomic E-state index is 13.1. The highest BCUT2D eigenvalue weighted by Crippen LogP contribution is 2.23. The number of aryl methyl sites for hydroxylation is 1. The first-order valence-electron chi connectivity index (χ1n) is 8.88. The third-order valence-electron chi connectivity index (χ3n) is 4.02. The molecule has 3 heterocycles. The maximum absolute atomic E-state index is 13.1. The normalized spacial score (nSPS) is 11.1. The molecule has 0 aliphatic rings. The van der Waals surface area contributed by atoms with E-state index in [9.17, 15) is 14.7 Å². The topological polar surface area (TPSA) is 160 Å². The number of aromatic nitrogens is 6. The largest absolute Gasteiger partial charge is 0.382 e. The van der Waals surface area contributed by atoms with Gasteiger partial charge in [-0.1, -0.05) is 0 Å². The monoisotopic (exact) mass is 411 g/mol. The summed E-state index contributed by atoms with van der Waals surface area (Å²) in [6, 6.07) is 0. The van der Waals surface area contributed by atoms with Gasteiger partial charge in [-0.15, -0.1) is 0 Å². The van der Waals surface area contributed by atoms with Gasteiger partial charge in [0.25, 0.3) is 11.8 Å². The van der Waals surface area contributed by atoms with Crippen LogP contribution in [0.3, 0.4) is 0 Å². The Balaban J connectivity index is 2.00. The summed E-state index contributed by atoms with van der Waals surface area (Å²) in [5.74, 6) is -0.981. The van der Waals surface area contributed by atoms with E-state index in [-0.39, 0.29) is 28.6 Å². The van der Waals surface area contributed by atoms with Gasteiger partial charge in [0.2, 0.25) is 0 Å². The number of nitrogens with zero attached hydrogens (tertiary/aromatic N) is 6. The molecule has 156 valence electrons. The van der Waals surface area contributed by atoms with Crippen molar-refractivity contribution in [1.29, 1.82) is 0 Å². The highest BCUT2D eigenvalue weighted by molar-refractivity contribution is 6.09. The number of rotatable bonds is 6. The first-order chi connectivity index (χ1) is 14.2. The van der Waals surface area contributed by atoms with Gasteiger partial charge in [-0.25, -0.2) is 19.9 Å². The van der Waals surface area contributed by atoms with Crippen LogP contribution in [0.25, 0.3) is 0 Å². The van der Waals surface area contributed by atoms with Gasteiger partial charge in [0, 0.05) is 14.1 Å². The molecular weight excluding hydrogens is 390 g/mol. The van der Waals surface area contributed by atoms with Crippen molar-refractivity contribution >= 4 is 28.9 Å². The molecule has 3 aromatic rings. The van der Waals surface area contributed by atoms with Crippen LogP contribution in [0.4, 0.5) is 17.1 Å². The minimum absolute atomic E-state index is 0.0438. The zero-order chi connectivity index (χ0) is 21.9. The standard InChI is InChI=1S/C18H21N9O3/c1-18(2,30)17-22-7-11(24-10-5-20-9-21-6-10)13(26-17)15(28)25-12-8-23-27(4)14(12)16(29)19-3/h5-9,24,30H,1-4H3,(H,19,29)(H,25,28). The number of anilines is 3. The molecule has 4 N–H and O–H groups in total. The van der Waals surface area contributed by atoms with Gasteiger partial charge in [0.05, 0.1) is 41.8 Å². The molecule has 0 fully saturated rings. The quantitative estimate of drug-likeness (QED) is 0.455. The number of hydrogen-bond donors (Lipinski definition) is 4. The van der Waals surface area contributed by atoms with Crippen molar-refractivity contribution in [3.8, 4) is 0 Å². The van der Waals surface area contributed by atoms with Crippen LogP contribution in [0.2, 0.25) is 0 Å². The highest BCUT2D eigenvalue weighted by atomic mass is 16.3. The fourth-order valence-electron chi connectivity index (χ4n) is 2.56. The van der Waals surface area contributed by atoms with Crippen LogP contribution < -0.4 is 16.0 Å². The van der Waals surface area contributed by atoms with Gasteiger partial charge in [-0.05, 0) is 13.8 Å². The number of carbonyl (C=O) groups excluding carboxylic acids is 2. The second-order valence-electron chi connectivity index (χ2n) is 6.83.